The zero-order valence-corrected chi connectivity index (χ0v) is 20.7. The normalized spacial score (nSPS) is 17.3. The Kier molecular flexibility index (Phi) is 6.50. The number of carbonyl (C=O) groups excluding carboxylic acids is 1. The van der Waals surface area contributed by atoms with Gasteiger partial charge in [0, 0.05) is 73.5 Å². The van der Waals surface area contributed by atoms with Crippen molar-refractivity contribution in [3.05, 3.63) is 71.1 Å². The predicted molar refractivity (Wildman–Crippen MR) is 138 cm³/mol. The largest absolute Gasteiger partial charge is 0.368 e. The second-order valence-corrected chi connectivity index (χ2v) is 9.78. The third-order valence-corrected chi connectivity index (χ3v) is 7.46. The SMILES string of the molecule is Cc1ccc(C)n1-c1cccnc1N1CCC(C(=O)N2CCN(c3ccc(Cl)cc3)CC2)CC1. The smallest absolute Gasteiger partial charge is 0.225 e. The molecule has 0 atom stereocenters. The van der Waals surface area contributed by atoms with Gasteiger partial charge in [0.05, 0.1) is 5.69 Å². The molecule has 6 nitrogen and oxygen atoms in total. The van der Waals surface area contributed by atoms with Gasteiger partial charge in [-0.25, -0.2) is 4.98 Å². The lowest BCUT2D eigenvalue weighted by Gasteiger charge is -2.39. The average Bonchev–Trinajstić information content (AvgIpc) is 3.22. The summed E-state index contributed by atoms with van der Waals surface area (Å²) in [6.45, 7) is 9.23. The van der Waals surface area contributed by atoms with Gasteiger partial charge in [-0.05, 0) is 75.2 Å². The molecule has 2 aromatic heterocycles. The summed E-state index contributed by atoms with van der Waals surface area (Å²) in [6.07, 6.45) is 3.61. The van der Waals surface area contributed by atoms with Crippen LogP contribution in [0, 0.1) is 19.8 Å². The molecular formula is C27H32ClN5O. The second kappa shape index (κ2) is 9.71. The number of carbonyl (C=O) groups is 1. The Hall–Kier alpha value is -2.99. The number of piperidine rings is 1. The van der Waals surface area contributed by atoms with Crippen LogP contribution in [0.5, 0.6) is 0 Å². The van der Waals surface area contributed by atoms with Gasteiger partial charge in [-0.15, -0.1) is 0 Å². The number of halogens is 1. The molecule has 3 aromatic rings. The molecule has 2 aliphatic heterocycles. The summed E-state index contributed by atoms with van der Waals surface area (Å²) in [4.78, 5) is 24.8. The minimum absolute atomic E-state index is 0.0977. The van der Waals surface area contributed by atoms with Crippen molar-refractivity contribution >= 4 is 29.0 Å². The summed E-state index contributed by atoms with van der Waals surface area (Å²) in [7, 11) is 0. The van der Waals surface area contributed by atoms with Crippen molar-refractivity contribution in [2.24, 2.45) is 5.92 Å². The maximum absolute atomic E-state index is 13.3. The van der Waals surface area contributed by atoms with Crippen LogP contribution in [-0.4, -0.2) is 59.6 Å². The van der Waals surface area contributed by atoms with Crippen LogP contribution < -0.4 is 9.80 Å². The van der Waals surface area contributed by atoms with Gasteiger partial charge >= 0.3 is 0 Å². The van der Waals surface area contributed by atoms with E-state index in [0.717, 1.165) is 68.6 Å². The highest BCUT2D eigenvalue weighted by Gasteiger charge is 2.31. The molecule has 0 bridgehead atoms. The number of rotatable bonds is 4. The molecule has 0 spiro atoms. The number of amides is 1. The molecule has 178 valence electrons. The predicted octanol–water partition coefficient (Wildman–Crippen LogP) is 4.71. The van der Waals surface area contributed by atoms with E-state index >= 15 is 0 Å². The van der Waals surface area contributed by atoms with Crippen LogP contribution in [0.4, 0.5) is 11.5 Å². The van der Waals surface area contributed by atoms with Crippen molar-refractivity contribution < 1.29 is 4.79 Å². The Balaban J connectivity index is 1.20. The summed E-state index contributed by atoms with van der Waals surface area (Å²) in [5.74, 6) is 1.42. The van der Waals surface area contributed by atoms with Gasteiger partial charge in [0.1, 0.15) is 0 Å². The van der Waals surface area contributed by atoms with E-state index in [2.05, 4.69) is 63.4 Å². The Morgan fingerprint density at radius 3 is 2.15 bits per heavy atom. The Morgan fingerprint density at radius 2 is 1.50 bits per heavy atom. The Morgan fingerprint density at radius 1 is 0.853 bits per heavy atom. The number of pyridine rings is 1. The topological polar surface area (TPSA) is 44.6 Å². The summed E-state index contributed by atoms with van der Waals surface area (Å²) in [6, 6.07) is 16.4. The van der Waals surface area contributed by atoms with Gasteiger partial charge < -0.3 is 19.3 Å². The molecule has 2 fully saturated rings. The molecule has 7 heteroatoms. The highest BCUT2D eigenvalue weighted by molar-refractivity contribution is 6.30. The first-order valence-corrected chi connectivity index (χ1v) is 12.5. The molecule has 5 rings (SSSR count). The van der Waals surface area contributed by atoms with E-state index in [1.807, 2.05) is 24.4 Å². The summed E-state index contributed by atoms with van der Waals surface area (Å²) >= 11 is 6.02. The highest BCUT2D eigenvalue weighted by atomic mass is 35.5. The van der Waals surface area contributed by atoms with Gasteiger partial charge in [-0.3, -0.25) is 4.79 Å². The third-order valence-electron chi connectivity index (χ3n) is 7.20. The average molecular weight is 478 g/mol. The van der Waals surface area contributed by atoms with Crippen molar-refractivity contribution in [1.82, 2.24) is 14.5 Å². The van der Waals surface area contributed by atoms with Crippen LogP contribution >= 0.6 is 11.6 Å². The molecule has 0 radical (unpaired) electrons. The van der Waals surface area contributed by atoms with Gasteiger partial charge in [-0.2, -0.15) is 0 Å². The molecule has 0 saturated carbocycles. The zero-order valence-electron chi connectivity index (χ0n) is 20.0. The fourth-order valence-electron chi connectivity index (χ4n) is 5.29. The van der Waals surface area contributed by atoms with Crippen LogP contribution in [0.3, 0.4) is 0 Å². The molecule has 0 N–H and O–H groups in total. The van der Waals surface area contributed by atoms with E-state index in [-0.39, 0.29) is 5.92 Å². The molecule has 4 heterocycles. The number of aromatic nitrogens is 2. The summed E-state index contributed by atoms with van der Waals surface area (Å²) in [5, 5.41) is 0.750. The monoisotopic (exact) mass is 477 g/mol. The maximum atomic E-state index is 13.3. The second-order valence-electron chi connectivity index (χ2n) is 9.35. The molecule has 1 amide bonds. The van der Waals surface area contributed by atoms with Gasteiger partial charge in [0.2, 0.25) is 5.91 Å². The molecule has 2 saturated heterocycles. The maximum Gasteiger partial charge on any atom is 0.225 e. The quantitative estimate of drug-likeness (QED) is 0.546. The summed E-state index contributed by atoms with van der Waals surface area (Å²) < 4.78 is 2.26. The molecule has 2 aliphatic rings. The van der Waals surface area contributed by atoms with Crippen LogP contribution in [0.1, 0.15) is 24.2 Å². The highest BCUT2D eigenvalue weighted by Crippen LogP contribution is 2.30. The van der Waals surface area contributed by atoms with E-state index < -0.39 is 0 Å². The van der Waals surface area contributed by atoms with Crippen molar-refractivity contribution in [2.75, 3.05) is 49.1 Å². The van der Waals surface area contributed by atoms with E-state index in [4.69, 9.17) is 16.6 Å². The lowest BCUT2D eigenvalue weighted by molar-refractivity contribution is -0.136. The molecule has 34 heavy (non-hydrogen) atoms. The number of hydrogen-bond acceptors (Lipinski definition) is 4. The standard InChI is InChI=1S/C27H32ClN5O/c1-20-5-6-21(2)33(20)25-4-3-13-29-26(25)31-14-11-22(12-15-31)27(34)32-18-16-30(17-19-32)24-9-7-23(28)8-10-24/h3-10,13,22H,11-12,14-19H2,1-2H3. The van der Waals surface area contributed by atoms with Crippen molar-refractivity contribution in [3.8, 4) is 5.69 Å². The zero-order chi connectivity index (χ0) is 23.7. The third kappa shape index (κ3) is 4.51. The van der Waals surface area contributed by atoms with Gasteiger partial charge in [-0.1, -0.05) is 11.6 Å². The Bertz CT molecular complexity index is 1120. The summed E-state index contributed by atoms with van der Waals surface area (Å²) in [5.41, 5.74) is 4.69. The first-order valence-electron chi connectivity index (χ1n) is 12.2. The number of nitrogens with zero attached hydrogens (tertiary/aromatic N) is 5. The molecule has 0 aliphatic carbocycles. The van der Waals surface area contributed by atoms with Crippen molar-refractivity contribution in [3.63, 3.8) is 0 Å². The minimum atomic E-state index is 0.0977. The van der Waals surface area contributed by atoms with Crippen molar-refractivity contribution in [2.45, 2.75) is 26.7 Å². The fourth-order valence-corrected chi connectivity index (χ4v) is 5.41. The molecule has 0 unspecified atom stereocenters. The van der Waals surface area contributed by atoms with E-state index in [0.29, 0.717) is 5.91 Å². The number of hydrogen-bond donors (Lipinski definition) is 0. The van der Waals surface area contributed by atoms with Gasteiger partial charge in [0.25, 0.3) is 0 Å². The van der Waals surface area contributed by atoms with E-state index in [1.54, 1.807) is 0 Å². The Labute approximate surface area is 206 Å². The van der Waals surface area contributed by atoms with Crippen molar-refractivity contribution in [1.29, 1.82) is 0 Å². The lowest BCUT2D eigenvalue weighted by Crippen LogP contribution is -2.51. The van der Waals surface area contributed by atoms with E-state index in [9.17, 15) is 4.79 Å². The molecular weight excluding hydrogens is 446 g/mol. The van der Waals surface area contributed by atoms with Crippen LogP contribution in [0.15, 0.2) is 54.7 Å². The number of anilines is 2. The van der Waals surface area contributed by atoms with Crippen LogP contribution in [0.25, 0.3) is 5.69 Å². The van der Waals surface area contributed by atoms with Crippen LogP contribution in [0.2, 0.25) is 5.02 Å². The number of benzene rings is 1. The number of aryl methyl sites for hydroxylation is 2. The first-order chi connectivity index (χ1) is 16.5. The lowest BCUT2D eigenvalue weighted by atomic mass is 9.94. The van der Waals surface area contributed by atoms with Gasteiger partial charge in [0.15, 0.2) is 5.82 Å². The fraction of sp³-hybridized carbons (Fsp3) is 0.407. The number of piperazine rings is 1. The van der Waals surface area contributed by atoms with E-state index in [1.165, 1.54) is 17.1 Å². The minimum Gasteiger partial charge on any atom is -0.368 e. The van der Waals surface area contributed by atoms with Crippen LogP contribution in [-0.2, 0) is 4.79 Å². The first kappa shape index (κ1) is 22.8. The molecule has 1 aromatic carbocycles.